The topological polar surface area (TPSA) is 108 Å². The van der Waals surface area contributed by atoms with Crippen molar-refractivity contribution >= 4 is 29.2 Å². The lowest BCUT2D eigenvalue weighted by Crippen LogP contribution is -2.31. The number of hydrogen-bond donors (Lipinski definition) is 3. The Morgan fingerprint density at radius 1 is 1.10 bits per heavy atom. The zero-order valence-electron chi connectivity index (χ0n) is 17.7. The largest absolute Gasteiger partial charge is 0.466 e. The number of anilines is 2. The molecule has 2 aromatic rings. The number of ether oxygens (including phenoxy) is 1. The second-order valence-corrected chi connectivity index (χ2v) is 7.33. The van der Waals surface area contributed by atoms with E-state index in [2.05, 4.69) is 10.6 Å². The summed E-state index contributed by atoms with van der Waals surface area (Å²) < 4.78 is 4.78. The van der Waals surface area contributed by atoms with E-state index in [0.717, 1.165) is 11.1 Å². The Bertz CT molecular complexity index is 1040. The van der Waals surface area contributed by atoms with Crippen LogP contribution in [-0.4, -0.2) is 54.6 Å². The van der Waals surface area contributed by atoms with Crippen LogP contribution in [0.4, 0.5) is 11.4 Å². The highest BCUT2D eigenvalue weighted by molar-refractivity contribution is 6.09. The van der Waals surface area contributed by atoms with Crippen LogP contribution in [0, 0.1) is 13.8 Å². The summed E-state index contributed by atoms with van der Waals surface area (Å²) in [5.74, 6) is -1.34. The smallest absolute Gasteiger partial charge is 0.337 e. The third-order valence-corrected chi connectivity index (χ3v) is 4.83. The molecule has 0 fully saturated rings. The number of carbonyl (C=O) groups is 3. The zero-order valence-corrected chi connectivity index (χ0v) is 17.7. The number of esters is 1. The molecule has 1 aliphatic rings. The molecule has 1 heterocycles. The molecule has 1 aliphatic heterocycles. The fourth-order valence-corrected chi connectivity index (χ4v) is 3.48. The van der Waals surface area contributed by atoms with Crippen LogP contribution in [0.1, 0.15) is 21.5 Å². The van der Waals surface area contributed by atoms with Gasteiger partial charge in [-0.25, -0.2) is 4.79 Å². The van der Waals surface area contributed by atoms with Crippen molar-refractivity contribution in [3.63, 3.8) is 0 Å². The van der Waals surface area contributed by atoms with Crippen molar-refractivity contribution < 1.29 is 24.2 Å². The molecule has 31 heavy (non-hydrogen) atoms. The minimum atomic E-state index is -0.625. The van der Waals surface area contributed by atoms with Gasteiger partial charge in [-0.1, -0.05) is 12.1 Å². The molecule has 0 radical (unpaired) electrons. The molecule has 3 N–H and O–H groups in total. The first-order valence-electron chi connectivity index (χ1n) is 9.80. The molecule has 0 aliphatic carbocycles. The van der Waals surface area contributed by atoms with Crippen LogP contribution in [-0.2, 0) is 14.3 Å². The summed E-state index contributed by atoms with van der Waals surface area (Å²) in [6.45, 7) is 3.84. The van der Waals surface area contributed by atoms with Crippen LogP contribution in [0.15, 0.2) is 53.7 Å². The summed E-state index contributed by atoms with van der Waals surface area (Å²) >= 11 is 0. The van der Waals surface area contributed by atoms with E-state index in [4.69, 9.17) is 9.84 Å². The molecular formula is C23H25N3O5. The second kappa shape index (κ2) is 9.44. The molecule has 0 saturated carbocycles. The summed E-state index contributed by atoms with van der Waals surface area (Å²) in [5, 5.41) is 15.0. The van der Waals surface area contributed by atoms with Gasteiger partial charge in [-0.2, -0.15) is 0 Å². The van der Waals surface area contributed by atoms with Crippen LogP contribution in [0.2, 0.25) is 0 Å². The summed E-state index contributed by atoms with van der Waals surface area (Å²) in [7, 11) is 1.24. The summed E-state index contributed by atoms with van der Waals surface area (Å²) in [4.78, 5) is 38.9. The summed E-state index contributed by atoms with van der Waals surface area (Å²) in [5.41, 5.74) is 3.89. The molecule has 162 valence electrons. The number of benzene rings is 2. The molecule has 0 atom stereocenters. The fourth-order valence-electron chi connectivity index (χ4n) is 3.48. The number of nitrogens with one attached hydrogen (secondary N) is 2. The van der Waals surface area contributed by atoms with Crippen molar-refractivity contribution in [3.8, 4) is 0 Å². The van der Waals surface area contributed by atoms with E-state index in [1.165, 1.54) is 12.0 Å². The van der Waals surface area contributed by atoms with Crippen LogP contribution in [0.25, 0.3) is 0 Å². The van der Waals surface area contributed by atoms with Crippen LogP contribution >= 0.6 is 0 Å². The minimum absolute atomic E-state index is 0.0429. The van der Waals surface area contributed by atoms with Gasteiger partial charge in [-0.05, 0) is 55.3 Å². The Morgan fingerprint density at radius 3 is 2.45 bits per heavy atom. The quantitative estimate of drug-likeness (QED) is 0.590. The van der Waals surface area contributed by atoms with Gasteiger partial charge in [-0.15, -0.1) is 0 Å². The molecule has 0 aromatic heterocycles. The van der Waals surface area contributed by atoms with Crippen molar-refractivity contribution in [2.24, 2.45) is 0 Å². The van der Waals surface area contributed by atoms with Gasteiger partial charge in [-0.3, -0.25) is 9.59 Å². The third kappa shape index (κ3) is 5.10. The number of aryl methyl sites for hydroxylation is 2. The number of hydrogen-bond acceptors (Lipinski definition) is 6. The number of aliphatic hydroxyl groups is 1. The lowest BCUT2D eigenvalue weighted by atomic mass is 10.1. The third-order valence-electron chi connectivity index (χ3n) is 4.83. The Labute approximate surface area is 180 Å². The molecule has 0 unspecified atom stereocenters. The highest BCUT2D eigenvalue weighted by atomic mass is 16.5. The standard InChI is InChI=1S/C23H25N3O5/c1-14-9-15(2)11-18(10-14)25-21(28)16-5-4-6-17(12-16)24-20-19(23(30)31-3)13-26(7-8-27)22(20)29/h4-6,9-12,24,27H,7-8,13H2,1-3H3,(H,25,28). The Balaban J connectivity index is 1.82. The van der Waals surface area contributed by atoms with E-state index < -0.39 is 11.9 Å². The van der Waals surface area contributed by atoms with Gasteiger partial charge >= 0.3 is 5.97 Å². The highest BCUT2D eigenvalue weighted by Gasteiger charge is 2.34. The first-order valence-corrected chi connectivity index (χ1v) is 9.80. The molecule has 2 aromatic carbocycles. The van der Waals surface area contributed by atoms with Crippen molar-refractivity contribution in [3.05, 3.63) is 70.4 Å². The van der Waals surface area contributed by atoms with Gasteiger partial charge in [0, 0.05) is 23.5 Å². The molecule has 2 amide bonds. The SMILES string of the molecule is COC(=O)C1=C(Nc2cccc(C(=O)Nc3cc(C)cc(C)c3)c2)C(=O)N(CCO)C1. The summed E-state index contributed by atoms with van der Waals surface area (Å²) in [6.07, 6.45) is 0. The van der Waals surface area contributed by atoms with E-state index in [1.807, 2.05) is 32.0 Å². The van der Waals surface area contributed by atoms with E-state index in [0.29, 0.717) is 16.9 Å². The Kier molecular flexibility index (Phi) is 6.71. The number of amides is 2. The first-order chi connectivity index (χ1) is 14.8. The van der Waals surface area contributed by atoms with Gasteiger partial charge in [0.15, 0.2) is 0 Å². The molecular weight excluding hydrogens is 398 g/mol. The van der Waals surface area contributed by atoms with E-state index in [1.54, 1.807) is 24.3 Å². The maximum atomic E-state index is 12.7. The van der Waals surface area contributed by atoms with E-state index >= 15 is 0 Å². The van der Waals surface area contributed by atoms with Crippen molar-refractivity contribution in [2.75, 3.05) is 37.4 Å². The van der Waals surface area contributed by atoms with Crippen molar-refractivity contribution in [1.82, 2.24) is 4.90 Å². The molecule has 3 rings (SSSR count). The lowest BCUT2D eigenvalue weighted by molar-refractivity contribution is -0.136. The lowest BCUT2D eigenvalue weighted by Gasteiger charge is -2.15. The maximum Gasteiger partial charge on any atom is 0.337 e. The van der Waals surface area contributed by atoms with Gasteiger partial charge in [0.05, 0.1) is 25.8 Å². The molecule has 0 bridgehead atoms. The van der Waals surface area contributed by atoms with E-state index in [-0.39, 0.29) is 36.9 Å². The predicted molar refractivity (Wildman–Crippen MR) is 117 cm³/mol. The van der Waals surface area contributed by atoms with Crippen molar-refractivity contribution in [2.45, 2.75) is 13.8 Å². The molecule has 0 spiro atoms. The van der Waals surface area contributed by atoms with Gasteiger partial charge < -0.3 is 25.4 Å². The second-order valence-electron chi connectivity index (χ2n) is 7.33. The predicted octanol–water partition coefficient (Wildman–Crippen LogP) is 2.23. The number of aliphatic hydroxyl groups excluding tert-OH is 1. The minimum Gasteiger partial charge on any atom is -0.466 e. The number of methoxy groups -OCH3 is 1. The van der Waals surface area contributed by atoms with Gasteiger partial charge in [0.2, 0.25) is 0 Å². The normalized spacial score (nSPS) is 13.4. The van der Waals surface area contributed by atoms with Crippen LogP contribution in [0.3, 0.4) is 0 Å². The Hall–Kier alpha value is -3.65. The van der Waals surface area contributed by atoms with Gasteiger partial charge in [0.1, 0.15) is 5.70 Å². The van der Waals surface area contributed by atoms with Crippen LogP contribution < -0.4 is 10.6 Å². The van der Waals surface area contributed by atoms with Crippen molar-refractivity contribution in [1.29, 1.82) is 0 Å². The van der Waals surface area contributed by atoms with E-state index in [9.17, 15) is 14.4 Å². The van der Waals surface area contributed by atoms with Crippen LogP contribution in [0.5, 0.6) is 0 Å². The maximum absolute atomic E-state index is 12.7. The number of rotatable bonds is 7. The number of nitrogens with zero attached hydrogens (tertiary/aromatic N) is 1. The van der Waals surface area contributed by atoms with Gasteiger partial charge in [0.25, 0.3) is 11.8 Å². The number of β-amino-alcohol motifs (C(OH)–C–C–N with tert-alkyl or cyclic N) is 1. The highest BCUT2D eigenvalue weighted by Crippen LogP contribution is 2.23. The average Bonchev–Trinajstić information content (AvgIpc) is 3.03. The molecule has 8 nitrogen and oxygen atoms in total. The monoisotopic (exact) mass is 423 g/mol. The number of carbonyl (C=O) groups excluding carboxylic acids is 3. The zero-order chi connectivity index (χ0) is 22.5. The molecule has 0 saturated heterocycles. The summed E-state index contributed by atoms with van der Waals surface area (Å²) in [6, 6.07) is 12.4. The Morgan fingerprint density at radius 2 is 1.81 bits per heavy atom. The average molecular weight is 423 g/mol. The fraction of sp³-hybridized carbons (Fsp3) is 0.261. The molecule has 8 heteroatoms. The first kappa shape index (κ1) is 22.0.